The molecular weight excluding hydrogens is 144 g/mol. The van der Waals surface area contributed by atoms with Crippen molar-refractivity contribution in [2.24, 2.45) is 11.3 Å². The highest BCUT2D eigenvalue weighted by Gasteiger charge is 2.30. The van der Waals surface area contributed by atoms with Crippen LogP contribution in [0.4, 0.5) is 0 Å². The van der Waals surface area contributed by atoms with Crippen molar-refractivity contribution in [2.45, 2.75) is 66.7 Å². The van der Waals surface area contributed by atoms with Crippen LogP contribution in [0.2, 0.25) is 0 Å². The molecule has 1 saturated carbocycles. The third-order valence-corrected chi connectivity index (χ3v) is 3.29. The molecule has 0 saturated heterocycles. The van der Waals surface area contributed by atoms with Crippen molar-refractivity contribution < 1.29 is 0 Å². The molecule has 0 heterocycles. The van der Waals surface area contributed by atoms with Gasteiger partial charge in [-0.25, -0.2) is 0 Å². The van der Waals surface area contributed by atoms with E-state index >= 15 is 0 Å². The molecule has 1 atom stereocenters. The molecule has 0 heteroatoms. The van der Waals surface area contributed by atoms with E-state index in [-0.39, 0.29) is 0 Å². The number of rotatable bonds is 1. The maximum atomic E-state index is 2.38. The van der Waals surface area contributed by atoms with Crippen molar-refractivity contribution in [1.82, 2.24) is 0 Å². The van der Waals surface area contributed by atoms with Gasteiger partial charge in [0, 0.05) is 0 Å². The monoisotopic (exact) mass is 170 g/mol. The Hall–Kier alpha value is 0. The Balaban J connectivity index is 0.000000261. The van der Waals surface area contributed by atoms with Crippen LogP contribution in [0.25, 0.3) is 0 Å². The van der Waals surface area contributed by atoms with E-state index in [0.717, 1.165) is 5.92 Å². The first kappa shape index (κ1) is 12.0. The second-order valence-corrected chi connectivity index (χ2v) is 4.78. The molecule has 0 amide bonds. The molecule has 1 fully saturated rings. The summed E-state index contributed by atoms with van der Waals surface area (Å²) in [6.45, 7) is 11.5. The summed E-state index contributed by atoms with van der Waals surface area (Å²) in [7, 11) is 0. The Bertz CT molecular complexity index is 101. The second-order valence-electron chi connectivity index (χ2n) is 4.78. The van der Waals surface area contributed by atoms with Crippen LogP contribution in [-0.2, 0) is 0 Å². The maximum Gasteiger partial charge on any atom is -0.0329 e. The first-order chi connectivity index (χ1) is 5.54. The van der Waals surface area contributed by atoms with Crippen molar-refractivity contribution in [3.8, 4) is 0 Å². The summed E-state index contributed by atoms with van der Waals surface area (Å²) in [5.74, 6) is 0.961. The third kappa shape index (κ3) is 4.13. The van der Waals surface area contributed by atoms with Crippen LogP contribution in [-0.4, -0.2) is 0 Å². The summed E-state index contributed by atoms with van der Waals surface area (Å²) in [5.41, 5.74) is 0.653. The Morgan fingerprint density at radius 2 is 1.67 bits per heavy atom. The van der Waals surface area contributed by atoms with Crippen LogP contribution in [0.15, 0.2) is 0 Å². The summed E-state index contributed by atoms with van der Waals surface area (Å²) < 4.78 is 0. The normalized spacial score (nSPS) is 26.2. The largest absolute Gasteiger partial charge is 0.0654 e. The summed E-state index contributed by atoms with van der Waals surface area (Å²) >= 11 is 0. The molecule has 0 aromatic heterocycles. The molecule has 0 nitrogen and oxygen atoms in total. The van der Waals surface area contributed by atoms with Crippen molar-refractivity contribution in [2.75, 3.05) is 0 Å². The minimum Gasteiger partial charge on any atom is -0.0654 e. The SMILES string of the molecule is CC1CCCC1(C)C.CCCC. The van der Waals surface area contributed by atoms with E-state index in [1.165, 1.54) is 32.1 Å². The molecule has 0 aromatic rings. The zero-order valence-corrected chi connectivity index (χ0v) is 9.61. The van der Waals surface area contributed by atoms with E-state index in [9.17, 15) is 0 Å². The Kier molecular flexibility index (Phi) is 5.61. The number of unbranched alkanes of at least 4 members (excludes halogenated alkanes) is 1. The lowest BCUT2D eigenvalue weighted by atomic mass is 9.83. The molecule has 0 aliphatic heterocycles. The predicted octanol–water partition coefficient (Wildman–Crippen LogP) is 4.64. The highest BCUT2D eigenvalue weighted by atomic mass is 14.4. The molecule has 0 bridgehead atoms. The molecule has 1 aliphatic carbocycles. The van der Waals surface area contributed by atoms with E-state index in [2.05, 4.69) is 34.6 Å². The molecule has 0 radical (unpaired) electrons. The molecule has 1 aliphatic rings. The van der Waals surface area contributed by atoms with Crippen molar-refractivity contribution in [1.29, 1.82) is 0 Å². The molecule has 0 aromatic carbocycles. The fourth-order valence-electron chi connectivity index (χ4n) is 1.50. The minimum absolute atomic E-state index is 0.653. The summed E-state index contributed by atoms with van der Waals surface area (Å²) in [4.78, 5) is 0. The minimum atomic E-state index is 0.653. The van der Waals surface area contributed by atoms with Crippen LogP contribution in [0.5, 0.6) is 0 Å². The summed E-state index contributed by atoms with van der Waals surface area (Å²) in [5, 5.41) is 0. The zero-order valence-electron chi connectivity index (χ0n) is 9.61. The van der Waals surface area contributed by atoms with E-state index in [4.69, 9.17) is 0 Å². The van der Waals surface area contributed by atoms with Crippen LogP contribution in [0.3, 0.4) is 0 Å². The van der Waals surface area contributed by atoms with Gasteiger partial charge < -0.3 is 0 Å². The Labute approximate surface area is 78.8 Å². The van der Waals surface area contributed by atoms with E-state index < -0.39 is 0 Å². The van der Waals surface area contributed by atoms with Gasteiger partial charge in [-0.15, -0.1) is 0 Å². The summed E-state index contributed by atoms with van der Waals surface area (Å²) in [6, 6.07) is 0. The van der Waals surface area contributed by atoms with Crippen LogP contribution in [0.1, 0.15) is 66.7 Å². The van der Waals surface area contributed by atoms with Gasteiger partial charge in [0.15, 0.2) is 0 Å². The van der Waals surface area contributed by atoms with Crippen LogP contribution < -0.4 is 0 Å². The van der Waals surface area contributed by atoms with Gasteiger partial charge in [0.25, 0.3) is 0 Å². The average Bonchev–Trinajstić information content (AvgIpc) is 2.31. The van der Waals surface area contributed by atoms with Gasteiger partial charge in [-0.2, -0.15) is 0 Å². The molecule has 0 N–H and O–H groups in total. The first-order valence-corrected chi connectivity index (χ1v) is 5.54. The molecule has 74 valence electrons. The lowest BCUT2D eigenvalue weighted by Crippen LogP contribution is -2.13. The standard InChI is InChI=1S/C8H16.C4H10/c1-7-5-4-6-8(7,2)3;1-3-4-2/h7H,4-6H2,1-3H3;3-4H2,1-2H3. The summed E-state index contributed by atoms with van der Waals surface area (Å²) in [6.07, 6.45) is 6.98. The Morgan fingerprint density at radius 3 is 1.75 bits per heavy atom. The topological polar surface area (TPSA) is 0 Å². The van der Waals surface area contributed by atoms with Gasteiger partial charge in [0.2, 0.25) is 0 Å². The van der Waals surface area contributed by atoms with Gasteiger partial charge in [-0.3, -0.25) is 0 Å². The van der Waals surface area contributed by atoms with Crippen LogP contribution in [0, 0.1) is 11.3 Å². The van der Waals surface area contributed by atoms with Gasteiger partial charge in [0.05, 0.1) is 0 Å². The quantitative estimate of drug-likeness (QED) is 0.538. The van der Waals surface area contributed by atoms with Crippen LogP contribution >= 0.6 is 0 Å². The van der Waals surface area contributed by atoms with Gasteiger partial charge >= 0.3 is 0 Å². The van der Waals surface area contributed by atoms with Crippen molar-refractivity contribution in [3.63, 3.8) is 0 Å². The van der Waals surface area contributed by atoms with E-state index in [1.807, 2.05) is 0 Å². The van der Waals surface area contributed by atoms with Gasteiger partial charge in [-0.05, 0) is 17.8 Å². The highest BCUT2D eigenvalue weighted by molar-refractivity contribution is 4.81. The molecular formula is C12H26. The maximum absolute atomic E-state index is 2.38. The highest BCUT2D eigenvalue weighted by Crippen LogP contribution is 2.41. The zero-order chi connectivity index (χ0) is 9.61. The van der Waals surface area contributed by atoms with Gasteiger partial charge in [0.1, 0.15) is 0 Å². The van der Waals surface area contributed by atoms with E-state index in [1.54, 1.807) is 0 Å². The lowest BCUT2D eigenvalue weighted by Gasteiger charge is -2.22. The second kappa shape index (κ2) is 5.61. The van der Waals surface area contributed by atoms with E-state index in [0.29, 0.717) is 5.41 Å². The lowest BCUT2D eigenvalue weighted by molar-refractivity contribution is 0.281. The number of hydrogen-bond donors (Lipinski definition) is 0. The smallest absolute Gasteiger partial charge is 0.0329 e. The third-order valence-electron chi connectivity index (χ3n) is 3.29. The van der Waals surface area contributed by atoms with Gasteiger partial charge in [-0.1, -0.05) is 60.3 Å². The molecule has 12 heavy (non-hydrogen) atoms. The average molecular weight is 170 g/mol. The molecule has 0 spiro atoms. The Morgan fingerprint density at radius 1 is 1.17 bits per heavy atom. The first-order valence-electron chi connectivity index (χ1n) is 5.54. The predicted molar refractivity (Wildman–Crippen MR) is 57.4 cm³/mol. The van der Waals surface area contributed by atoms with Crippen molar-refractivity contribution >= 4 is 0 Å². The fourth-order valence-corrected chi connectivity index (χ4v) is 1.50. The molecule has 1 rings (SSSR count). The fraction of sp³-hybridized carbons (Fsp3) is 1.00. The van der Waals surface area contributed by atoms with Crippen molar-refractivity contribution in [3.05, 3.63) is 0 Å². The molecule has 1 unspecified atom stereocenters. The number of hydrogen-bond acceptors (Lipinski definition) is 0.